The monoisotopic (exact) mass is 381 g/mol. The van der Waals surface area contributed by atoms with Gasteiger partial charge >= 0.3 is 0 Å². The van der Waals surface area contributed by atoms with E-state index in [0.717, 1.165) is 11.1 Å². The topological polar surface area (TPSA) is 70.3 Å². The number of thioether (sulfide) groups is 1. The number of hydrogen-bond acceptors (Lipinski definition) is 7. The molecule has 0 aliphatic carbocycles. The van der Waals surface area contributed by atoms with Crippen molar-refractivity contribution in [2.45, 2.75) is 11.0 Å². The Hall–Kier alpha value is -1.96. The highest BCUT2D eigenvalue weighted by atomic mass is 35.5. The molecule has 2 aromatic heterocycles. The van der Waals surface area contributed by atoms with Crippen LogP contribution in [-0.2, 0) is 5.75 Å². The van der Waals surface area contributed by atoms with Crippen LogP contribution < -0.4 is 9.47 Å². The number of fused-ring (bicyclic) bond motifs is 1. The van der Waals surface area contributed by atoms with Gasteiger partial charge in [0.05, 0.1) is 0 Å². The highest BCUT2D eigenvalue weighted by molar-refractivity contribution is 7.98. The predicted octanol–water partition coefficient (Wildman–Crippen LogP) is 4.46. The second kappa shape index (κ2) is 6.51. The maximum absolute atomic E-state index is 5.88. The minimum absolute atomic E-state index is 0.223. The van der Waals surface area contributed by atoms with Gasteiger partial charge in [0, 0.05) is 11.3 Å². The van der Waals surface area contributed by atoms with Gasteiger partial charge in [-0.3, -0.25) is 0 Å². The lowest BCUT2D eigenvalue weighted by molar-refractivity contribution is 0.174. The number of benzene rings is 1. The summed E-state index contributed by atoms with van der Waals surface area (Å²) in [4.78, 5) is 3.91. The van der Waals surface area contributed by atoms with E-state index in [4.69, 9.17) is 37.1 Å². The maximum Gasteiger partial charge on any atom is 0.277 e. The lowest BCUT2D eigenvalue weighted by Gasteiger charge is -2.00. The third-order valence-corrected chi connectivity index (χ3v) is 4.49. The smallest absolute Gasteiger partial charge is 0.277 e. The van der Waals surface area contributed by atoms with Gasteiger partial charge in [0.25, 0.3) is 5.22 Å². The molecule has 1 aromatic carbocycles. The van der Waals surface area contributed by atoms with E-state index in [1.807, 2.05) is 18.2 Å². The molecule has 0 unspecified atom stereocenters. The molecule has 0 radical (unpaired) electrons. The minimum atomic E-state index is 0.223. The Balaban J connectivity index is 1.48. The molecule has 0 saturated heterocycles. The van der Waals surface area contributed by atoms with Crippen LogP contribution in [0.15, 0.2) is 40.0 Å². The average molecular weight is 382 g/mol. The van der Waals surface area contributed by atoms with Crippen LogP contribution in [-0.4, -0.2) is 22.0 Å². The summed E-state index contributed by atoms with van der Waals surface area (Å²) < 4.78 is 16.3. The first-order valence-corrected chi connectivity index (χ1v) is 8.60. The first-order valence-electron chi connectivity index (χ1n) is 6.86. The molecule has 1 aliphatic rings. The van der Waals surface area contributed by atoms with Crippen LogP contribution in [0.2, 0.25) is 10.3 Å². The summed E-state index contributed by atoms with van der Waals surface area (Å²) in [6.07, 6.45) is 0. The third-order valence-electron chi connectivity index (χ3n) is 3.21. The lowest BCUT2D eigenvalue weighted by atomic mass is 10.2. The zero-order valence-corrected chi connectivity index (χ0v) is 14.4. The molecule has 0 atom stereocenters. The van der Waals surface area contributed by atoms with Gasteiger partial charge in [-0.2, -0.15) is 0 Å². The zero-order valence-electron chi connectivity index (χ0n) is 12.0. The molecule has 0 bridgehead atoms. The van der Waals surface area contributed by atoms with Crippen molar-refractivity contribution in [1.82, 2.24) is 15.2 Å². The molecule has 0 saturated carbocycles. The van der Waals surface area contributed by atoms with Gasteiger partial charge in [0.15, 0.2) is 11.5 Å². The molecule has 1 aliphatic heterocycles. The highest BCUT2D eigenvalue weighted by Crippen LogP contribution is 2.36. The molecule has 3 heterocycles. The van der Waals surface area contributed by atoms with Crippen molar-refractivity contribution in [3.63, 3.8) is 0 Å². The van der Waals surface area contributed by atoms with Crippen LogP contribution in [0, 0.1) is 0 Å². The van der Waals surface area contributed by atoms with Crippen molar-refractivity contribution in [2.75, 3.05) is 6.79 Å². The standard InChI is InChI=1S/C15H9Cl2N3O3S/c16-12-3-8(4-13(17)18-12)6-24-15-20-19-14(23-15)9-1-2-10-11(5-9)22-7-21-10/h1-5H,6-7H2. The maximum atomic E-state index is 5.88. The summed E-state index contributed by atoms with van der Waals surface area (Å²) in [5, 5.41) is 9.25. The van der Waals surface area contributed by atoms with Crippen LogP contribution in [0.25, 0.3) is 11.5 Å². The van der Waals surface area contributed by atoms with E-state index in [0.29, 0.717) is 38.7 Å². The van der Waals surface area contributed by atoms with Crippen molar-refractivity contribution >= 4 is 35.0 Å². The Morgan fingerprint density at radius 1 is 1.00 bits per heavy atom. The van der Waals surface area contributed by atoms with Gasteiger partial charge in [-0.05, 0) is 35.9 Å². The SMILES string of the molecule is Clc1cc(CSc2nnc(-c3ccc4c(c3)OCO4)o2)cc(Cl)n1. The quantitative estimate of drug-likeness (QED) is 0.487. The Kier molecular flexibility index (Phi) is 4.22. The second-order valence-corrected chi connectivity index (χ2v) is 6.55. The zero-order chi connectivity index (χ0) is 16.5. The van der Waals surface area contributed by atoms with E-state index in [-0.39, 0.29) is 6.79 Å². The number of ether oxygens (including phenoxy) is 2. The van der Waals surface area contributed by atoms with Gasteiger partial charge in [0.2, 0.25) is 12.7 Å². The molecule has 6 nitrogen and oxygen atoms in total. The largest absolute Gasteiger partial charge is 0.454 e. The van der Waals surface area contributed by atoms with Crippen molar-refractivity contribution in [3.05, 3.63) is 46.2 Å². The molecule has 122 valence electrons. The molecule has 0 N–H and O–H groups in total. The van der Waals surface area contributed by atoms with E-state index in [1.54, 1.807) is 12.1 Å². The van der Waals surface area contributed by atoms with Gasteiger partial charge in [-0.25, -0.2) is 4.98 Å². The molecular formula is C15H9Cl2N3O3S. The molecular weight excluding hydrogens is 373 g/mol. The van der Waals surface area contributed by atoms with E-state index in [9.17, 15) is 0 Å². The molecule has 0 amide bonds. The number of nitrogens with zero attached hydrogens (tertiary/aromatic N) is 3. The van der Waals surface area contributed by atoms with Crippen LogP contribution in [0.3, 0.4) is 0 Å². The molecule has 9 heteroatoms. The summed E-state index contributed by atoms with van der Waals surface area (Å²) in [6, 6.07) is 8.96. The first-order chi connectivity index (χ1) is 11.7. The highest BCUT2D eigenvalue weighted by Gasteiger charge is 2.17. The van der Waals surface area contributed by atoms with Crippen LogP contribution in [0.1, 0.15) is 5.56 Å². The minimum Gasteiger partial charge on any atom is -0.454 e. The van der Waals surface area contributed by atoms with Crippen molar-refractivity contribution < 1.29 is 13.9 Å². The van der Waals surface area contributed by atoms with E-state index < -0.39 is 0 Å². The Bertz CT molecular complexity index is 883. The fraction of sp³-hybridized carbons (Fsp3) is 0.133. The number of hydrogen-bond donors (Lipinski definition) is 0. The van der Waals surface area contributed by atoms with E-state index >= 15 is 0 Å². The number of halogens is 2. The van der Waals surface area contributed by atoms with Gasteiger partial charge in [-0.15, -0.1) is 10.2 Å². The normalized spacial score (nSPS) is 12.6. The van der Waals surface area contributed by atoms with Crippen LogP contribution in [0.4, 0.5) is 0 Å². The van der Waals surface area contributed by atoms with Crippen LogP contribution in [0.5, 0.6) is 11.5 Å². The fourth-order valence-electron chi connectivity index (χ4n) is 2.16. The summed E-state index contributed by atoms with van der Waals surface area (Å²) in [5.74, 6) is 2.38. The molecule has 4 rings (SSSR count). The molecule has 0 spiro atoms. The van der Waals surface area contributed by atoms with Crippen LogP contribution >= 0.6 is 35.0 Å². The summed E-state index contributed by atoms with van der Waals surface area (Å²) in [5.41, 5.74) is 1.70. The first kappa shape index (κ1) is 15.6. The Labute approximate surface area is 151 Å². The van der Waals surface area contributed by atoms with Crippen molar-refractivity contribution in [3.8, 4) is 23.0 Å². The van der Waals surface area contributed by atoms with Crippen molar-refractivity contribution in [2.24, 2.45) is 0 Å². The molecule has 24 heavy (non-hydrogen) atoms. The van der Waals surface area contributed by atoms with Gasteiger partial charge < -0.3 is 13.9 Å². The average Bonchev–Trinajstić information content (AvgIpc) is 3.20. The number of rotatable bonds is 4. The second-order valence-electron chi connectivity index (χ2n) is 4.85. The molecule has 3 aromatic rings. The Morgan fingerprint density at radius 2 is 1.79 bits per heavy atom. The number of aromatic nitrogens is 3. The van der Waals surface area contributed by atoms with E-state index in [1.165, 1.54) is 11.8 Å². The summed E-state index contributed by atoms with van der Waals surface area (Å²) in [7, 11) is 0. The van der Waals surface area contributed by atoms with E-state index in [2.05, 4.69) is 15.2 Å². The fourth-order valence-corrected chi connectivity index (χ4v) is 3.36. The van der Waals surface area contributed by atoms with Crippen molar-refractivity contribution in [1.29, 1.82) is 0 Å². The third kappa shape index (κ3) is 3.28. The lowest BCUT2D eigenvalue weighted by Crippen LogP contribution is -1.92. The Morgan fingerprint density at radius 3 is 2.62 bits per heavy atom. The summed E-state index contributed by atoms with van der Waals surface area (Å²) >= 11 is 13.2. The summed E-state index contributed by atoms with van der Waals surface area (Å²) in [6.45, 7) is 0.223. The van der Waals surface area contributed by atoms with Gasteiger partial charge in [0.1, 0.15) is 10.3 Å². The van der Waals surface area contributed by atoms with Gasteiger partial charge in [-0.1, -0.05) is 35.0 Å². The predicted molar refractivity (Wildman–Crippen MR) is 89.7 cm³/mol. The molecule has 0 fully saturated rings. The number of pyridine rings is 1.